The number of unbranched alkanes of at least 4 members (excludes halogenated alkanes) is 3. The van der Waals surface area contributed by atoms with Crippen LogP contribution in [0, 0.1) is 0 Å². The summed E-state index contributed by atoms with van der Waals surface area (Å²) in [7, 11) is 5.28. The van der Waals surface area contributed by atoms with E-state index in [1.807, 2.05) is 0 Å². The second-order valence-corrected chi connectivity index (χ2v) is 5.15. The van der Waals surface area contributed by atoms with E-state index in [4.69, 9.17) is 0 Å². The third-order valence-electron chi connectivity index (χ3n) is 2.11. The van der Waals surface area contributed by atoms with Crippen LogP contribution in [0.1, 0.15) is 38.2 Å². The van der Waals surface area contributed by atoms with Crippen LogP contribution in [0.3, 0.4) is 0 Å². The van der Waals surface area contributed by atoms with Gasteiger partial charge < -0.3 is 0 Å². The Balaban J connectivity index is 2.20. The normalized spacial score (nSPS) is 11.2. The first kappa shape index (κ1) is 10.3. The van der Waals surface area contributed by atoms with Gasteiger partial charge in [-0.25, -0.2) is 0 Å². The molecule has 66 valence electrons. The van der Waals surface area contributed by atoms with Gasteiger partial charge in [0.15, 0.2) is 0 Å². The van der Waals surface area contributed by atoms with E-state index in [2.05, 4.69) is 28.0 Å². The minimum Gasteiger partial charge on any atom is -0.131 e. The van der Waals surface area contributed by atoms with Crippen LogP contribution in [-0.4, -0.2) is 0 Å². The van der Waals surface area contributed by atoms with Crippen LogP contribution in [0.4, 0.5) is 0 Å². The molecule has 0 saturated carbocycles. The van der Waals surface area contributed by atoms with E-state index >= 15 is 0 Å². The van der Waals surface area contributed by atoms with Gasteiger partial charge in [0, 0.05) is 5.04 Å². The molecule has 2 heteroatoms. The molecule has 1 aromatic heterocycles. The molecule has 1 aromatic rings. The third kappa shape index (κ3) is 3.30. The molecule has 0 aliphatic carbocycles. The first-order chi connectivity index (χ1) is 5.84. The monoisotopic (exact) mass is 198 g/mol. The molecule has 0 saturated heterocycles. The second-order valence-electron chi connectivity index (χ2n) is 3.16. The maximum Gasteiger partial charge on any atom is 0.00548 e. The first-order valence-electron chi connectivity index (χ1n) is 4.69. The molecule has 0 nitrogen and oxygen atoms in total. The van der Waals surface area contributed by atoms with E-state index in [0.29, 0.717) is 0 Å². The van der Waals surface area contributed by atoms with E-state index in [-0.39, 0.29) is 0 Å². The summed E-state index contributed by atoms with van der Waals surface area (Å²) in [5.74, 6) is 2.23. The second kappa shape index (κ2) is 5.79. The Kier molecular flexibility index (Phi) is 4.96. The lowest BCUT2D eigenvalue weighted by Gasteiger charge is -1.98. The van der Waals surface area contributed by atoms with Crippen LogP contribution in [0.15, 0.2) is 11.9 Å². The largest absolute Gasteiger partial charge is 0.131 e. The van der Waals surface area contributed by atoms with Gasteiger partial charge in [0.25, 0.3) is 0 Å². The zero-order valence-corrected chi connectivity index (χ0v) is 9.53. The molecule has 12 heavy (non-hydrogen) atoms. The SMILES string of the molecule is CCCCCCc1cc[pH]c1[P]. The van der Waals surface area contributed by atoms with Gasteiger partial charge in [-0.3, -0.25) is 0 Å². The zero-order valence-electron chi connectivity index (χ0n) is 7.64. The van der Waals surface area contributed by atoms with E-state index < -0.39 is 0 Å². The molecule has 1 rings (SSSR count). The summed E-state index contributed by atoms with van der Waals surface area (Å²) in [6, 6.07) is 2.24. The predicted octanol–water partition coefficient (Wildman–Crippen LogP) is 3.88. The molecule has 0 aliphatic heterocycles. The van der Waals surface area contributed by atoms with Gasteiger partial charge in [0.2, 0.25) is 0 Å². The smallest absolute Gasteiger partial charge is 0.00548 e. The maximum absolute atomic E-state index is 4.44. The van der Waals surface area contributed by atoms with Crippen LogP contribution in [0.2, 0.25) is 0 Å². The Labute approximate surface area is 79.4 Å². The van der Waals surface area contributed by atoms with Crippen LogP contribution in [-0.2, 0) is 6.42 Å². The first-order valence-corrected chi connectivity index (χ1v) is 6.22. The van der Waals surface area contributed by atoms with Crippen molar-refractivity contribution in [3.8, 4) is 0 Å². The molecule has 0 aliphatic rings. The average molecular weight is 198 g/mol. The molecule has 1 heterocycles. The van der Waals surface area contributed by atoms with Gasteiger partial charge in [0.05, 0.1) is 0 Å². The summed E-state index contributed by atoms with van der Waals surface area (Å²) in [6.07, 6.45) is 6.65. The highest BCUT2D eigenvalue weighted by molar-refractivity contribution is 7.51. The van der Waals surface area contributed by atoms with Crippen molar-refractivity contribution in [2.75, 3.05) is 0 Å². The number of hydrogen-bond acceptors (Lipinski definition) is 0. The van der Waals surface area contributed by atoms with Crippen molar-refractivity contribution in [2.45, 2.75) is 39.0 Å². The molecule has 0 N–H and O–H groups in total. The molecule has 0 amide bonds. The fraction of sp³-hybridized carbons (Fsp3) is 0.600. The summed E-state index contributed by atoms with van der Waals surface area (Å²) in [4.78, 5) is 0. The van der Waals surface area contributed by atoms with E-state index in [0.717, 1.165) is 8.19 Å². The lowest BCUT2D eigenvalue weighted by atomic mass is 10.1. The molecule has 1 atom stereocenters. The van der Waals surface area contributed by atoms with E-state index in [1.165, 1.54) is 42.7 Å². The third-order valence-corrected chi connectivity index (χ3v) is 3.71. The predicted molar refractivity (Wildman–Crippen MR) is 60.3 cm³/mol. The summed E-state index contributed by atoms with van der Waals surface area (Å²) < 4.78 is 0. The van der Waals surface area contributed by atoms with Gasteiger partial charge in [-0.1, -0.05) is 32.3 Å². The Morgan fingerprint density at radius 3 is 2.75 bits per heavy atom. The summed E-state index contributed by atoms with van der Waals surface area (Å²) >= 11 is 0. The quantitative estimate of drug-likeness (QED) is 0.497. The van der Waals surface area contributed by atoms with Crippen LogP contribution >= 0.6 is 17.4 Å². The van der Waals surface area contributed by atoms with Gasteiger partial charge >= 0.3 is 0 Å². The highest BCUT2D eigenvalue weighted by atomic mass is 31.1. The number of rotatable bonds is 5. The van der Waals surface area contributed by atoms with Gasteiger partial charge in [-0.2, -0.15) is 0 Å². The van der Waals surface area contributed by atoms with Gasteiger partial charge in [-0.15, -0.1) is 8.19 Å². The average Bonchev–Trinajstić information content (AvgIpc) is 2.46. The van der Waals surface area contributed by atoms with Crippen LogP contribution < -0.4 is 5.04 Å². The van der Waals surface area contributed by atoms with Gasteiger partial charge in [-0.05, 0) is 33.4 Å². The van der Waals surface area contributed by atoms with Crippen molar-refractivity contribution in [3.63, 3.8) is 0 Å². The van der Waals surface area contributed by atoms with E-state index in [1.54, 1.807) is 0 Å². The van der Waals surface area contributed by atoms with Crippen LogP contribution in [0.5, 0.6) is 0 Å². The van der Waals surface area contributed by atoms with E-state index in [9.17, 15) is 0 Å². The lowest BCUT2D eigenvalue weighted by Crippen LogP contribution is -1.92. The maximum atomic E-state index is 4.44. The molecule has 0 bridgehead atoms. The minimum atomic E-state index is 0.838. The lowest BCUT2D eigenvalue weighted by molar-refractivity contribution is 0.668. The summed E-state index contributed by atoms with van der Waals surface area (Å²) in [5, 5.41) is 1.31. The molecule has 1 unspecified atom stereocenters. The van der Waals surface area contributed by atoms with Crippen LogP contribution in [0.25, 0.3) is 0 Å². The van der Waals surface area contributed by atoms with Crippen molar-refractivity contribution in [1.29, 1.82) is 0 Å². The Bertz CT molecular complexity index is 215. The topological polar surface area (TPSA) is 0 Å². The molecule has 0 spiro atoms. The van der Waals surface area contributed by atoms with Crippen molar-refractivity contribution in [3.05, 3.63) is 17.4 Å². The Hall–Kier alpha value is 0.210. The molecule has 0 fully saturated rings. The number of hydrogen-bond donors (Lipinski definition) is 0. The molecule has 0 aromatic carbocycles. The molecular weight excluding hydrogens is 182 g/mol. The minimum absolute atomic E-state index is 0.838. The van der Waals surface area contributed by atoms with Gasteiger partial charge in [0.1, 0.15) is 0 Å². The molecular formula is C10H16P2. The molecule has 2 radical (unpaired) electrons. The standard InChI is InChI=1S/C10H16P2/c1-2-3-4-5-6-9-7-8-12-10(9)11/h7-8,12H,2-6H2,1H3. The number of aryl methyl sites for hydroxylation is 1. The zero-order chi connectivity index (χ0) is 8.81. The fourth-order valence-corrected chi connectivity index (χ4v) is 2.58. The Morgan fingerprint density at radius 1 is 1.33 bits per heavy atom. The van der Waals surface area contributed by atoms with Crippen molar-refractivity contribution in [2.24, 2.45) is 0 Å². The highest BCUT2D eigenvalue weighted by Crippen LogP contribution is 2.15. The summed E-state index contributed by atoms with van der Waals surface area (Å²) in [6.45, 7) is 2.25. The highest BCUT2D eigenvalue weighted by Gasteiger charge is 1.97. The Morgan fingerprint density at radius 2 is 2.17 bits per heavy atom. The van der Waals surface area contributed by atoms with Crippen molar-refractivity contribution < 1.29 is 0 Å². The fourth-order valence-electron chi connectivity index (χ4n) is 1.34. The summed E-state index contributed by atoms with van der Waals surface area (Å²) in [5.41, 5.74) is 1.48. The van der Waals surface area contributed by atoms with Crippen molar-refractivity contribution >= 4 is 22.5 Å². The van der Waals surface area contributed by atoms with Crippen molar-refractivity contribution in [1.82, 2.24) is 0 Å².